The van der Waals surface area contributed by atoms with E-state index in [4.69, 9.17) is 4.74 Å². The Morgan fingerprint density at radius 1 is 0.938 bits per heavy atom. The van der Waals surface area contributed by atoms with Crippen LogP contribution in [-0.2, 0) is 13.1 Å². The third kappa shape index (κ3) is 3.92. The molecule has 3 aromatic carbocycles. The molecular formula is C26H25N5O. The lowest BCUT2D eigenvalue weighted by molar-refractivity contribution is 0.223. The first-order valence-electron chi connectivity index (χ1n) is 10.7. The Morgan fingerprint density at radius 2 is 1.62 bits per heavy atom. The first-order chi connectivity index (χ1) is 15.7. The van der Waals surface area contributed by atoms with Crippen molar-refractivity contribution in [3.63, 3.8) is 0 Å². The summed E-state index contributed by atoms with van der Waals surface area (Å²) in [6.07, 6.45) is 0. The average molecular weight is 424 g/mol. The van der Waals surface area contributed by atoms with Crippen LogP contribution in [0, 0.1) is 0 Å². The van der Waals surface area contributed by atoms with Crippen LogP contribution in [-0.4, -0.2) is 38.8 Å². The topological polar surface area (TPSA) is 56.1 Å². The highest BCUT2D eigenvalue weighted by Gasteiger charge is 2.34. The molecule has 1 aromatic heterocycles. The molecule has 0 bridgehead atoms. The van der Waals surface area contributed by atoms with E-state index in [9.17, 15) is 0 Å². The van der Waals surface area contributed by atoms with Crippen LogP contribution >= 0.6 is 0 Å². The zero-order valence-electron chi connectivity index (χ0n) is 18.1. The lowest BCUT2D eigenvalue weighted by Crippen LogP contribution is -2.36. The second kappa shape index (κ2) is 8.77. The molecule has 6 heteroatoms. The van der Waals surface area contributed by atoms with Gasteiger partial charge in [0.05, 0.1) is 19.7 Å². The van der Waals surface area contributed by atoms with Crippen molar-refractivity contribution in [3.05, 3.63) is 114 Å². The Morgan fingerprint density at radius 3 is 2.31 bits per heavy atom. The van der Waals surface area contributed by atoms with Crippen LogP contribution in [0.15, 0.2) is 85.4 Å². The van der Waals surface area contributed by atoms with E-state index in [0.29, 0.717) is 6.54 Å². The van der Waals surface area contributed by atoms with Gasteiger partial charge in [0.1, 0.15) is 5.75 Å². The zero-order valence-corrected chi connectivity index (χ0v) is 18.1. The number of hydrogen-bond acceptors (Lipinski definition) is 5. The van der Waals surface area contributed by atoms with Crippen LogP contribution in [0.4, 0.5) is 0 Å². The lowest BCUT2D eigenvalue weighted by atomic mass is 9.88. The number of tetrazole rings is 1. The predicted octanol–water partition coefficient (Wildman–Crippen LogP) is 4.35. The molecule has 0 amide bonds. The summed E-state index contributed by atoms with van der Waals surface area (Å²) in [7, 11) is 1.69. The fourth-order valence-corrected chi connectivity index (χ4v) is 4.38. The summed E-state index contributed by atoms with van der Waals surface area (Å²) in [5.74, 6) is 1.62. The van der Waals surface area contributed by atoms with Crippen LogP contribution in [0.25, 0.3) is 5.57 Å². The van der Waals surface area contributed by atoms with Gasteiger partial charge < -0.3 is 4.74 Å². The van der Waals surface area contributed by atoms with Crippen molar-refractivity contribution < 1.29 is 4.74 Å². The number of benzene rings is 3. The summed E-state index contributed by atoms with van der Waals surface area (Å²) in [5.41, 5.74) is 5.72. The minimum atomic E-state index is -0.121. The molecule has 160 valence electrons. The molecule has 0 saturated heterocycles. The number of rotatable bonds is 6. The highest BCUT2D eigenvalue weighted by Crippen LogP contribution is 2.40. The SMILES string of the molecule is C=C1CN(Cc2ccccc2)C(c2nnnn2Cc2ccccc2)c2cc(OC)ccc21. The predicted molar refractivity (Wildman–Crippen MR) is 124 cm³/mol. The maximum atomic E-state index is 5.55. The molecule has 0 saturated carbocycles. The summed E-state index contributed by atoms with van der Waals surface area (Å²) in [6, 6.07) is 26.8. The van der Waals surface area contributed by atoms with Gasteiger partial charge in [-0.15, -0.1) is 5.10 Å². The second-order valence-corrected chi connectivity index (χ2v) is 8.03. The van der Waals surface area contributed by atoms with Gasteiger partial charge >= 0.3 is 0 Å². The molecule has 0 aliphatic carbocycles. The van der Waals surface area contributed by atoms with Gasteiger partial charge in [0.15, 0.2) is 5.82 Å². The van der Waals surface area contributed by atoms with Crippen LogP contribution < -0.4 is 4.74 Å². The number of fused-ring (bicyclic) bond motifs is 1. The van der Waals surface area contributed by atoms with E-state index >= 15 is 0 Å². The highest BCUT2D eigenvalue weighted by molar-refractivity contribution is 5.71. The van der Waals surface area contributed by atoms with Crippen molar-refractivity contribution in [2.75, 3.05) is 13.7 Å². The monoisotopic (exact) mass is 423 g/mol. The summed E-state index contributed by atoms with van der Waals surface area (Å²) >= 11 is 0. The Balaban J connectivity index is 1.60. The lowest BCUT2D eigenvalue weighted by Gasteiger charge is -2.37. The fraction of sp³-hybridized carbons (Fsp3) is 0.192. The minimum Gasteiger partial charge on any atom is -0.497 e. The molecule has 4 aromatic rings. The maximum absolute atomic E-state index is 5.55. The normalized spacial score (nSPS) is 16.0. The van der Waals surface area contributed by atoms with Gasteiger partial charge in [-0.25, -0.2) is 4.68 Å². The zero-order chi connectivity index (χ0) is 21.9. The standard InChI is InChI=1S/C26H25N5O/c1-19-16-30(17-20-9-5-3-6-10-20)25(24-15-22(32-2)13-14-23(19)24)26-27-28-29-31(26)18-21-11-7-4-8-12-21/h3-15,25H,1,16-18H2,2H3. The third-order valence-corrected chi connectivity index (χ3v) is 5.90. The van der Waals surface area contributed by atoms with Crippen molar-refractivity contribution in [2.45, 2.75) is 19.1 Å². The molecule has 0 fully saturated rings. The Bertz CT molecular complexity index is 1220. The second-order valence-electron chi connectivity index (χ2n) is 8.03. The van der Waals surface area contributed by atoms with Gasteiger partial charge in [-0.2, -0.15) is 0 Å². The van der Waals surface area contributed by atoms with Crippen LogP contribution in [0.5, 0.6) is 5.75 Å². The Labute approximate surface area is 187 Å². The van der Waals surface area contributed by atoms with Gasteiger partial charge in [-0.1, -0.05) is 73.3 Å². The van der Waals surface area contributed by atoms with E-state index in [-0.39, 0.29) is 6.04 Å². The van der Waals surface area contributed by atoms with Crippen LogP contribution in [0.2, 0.25) is 0 Å². The van der Waals surface area contributed by atoms with Crippen molar-refractivity contribution in [1.29, 1.82) is 0 Å². The summed E-state index contributed by atoms with van der Waals surface area (Å²) in [6.45, 7) is 6.47. The summed E-state index contributed by atoms with van der Waals surface area (Å²) in [5, 5.41) is 12.9. The molecule has 0 radical (unpaired) electrons. The molecule has 32 heavy (non-hydrogen) atoms. The molecular weight excluding hydrogens is 398 g/mol. The molecule has 5 rings (SSSR count). The smallest absolute Gasteiger partial charge is 0.173 e. The molecule has 1 aliphatic heterocycles. The van der Waals surface area contributed by atoms with Crippen LogP contribution in [0.3, 0.4) is 0 Å². The molecule has 2 heterocycles. The maximum Gasteiger partial charge on any atom is 0.173 e. The Kier molecular flexibility index (Phi) is 5.52. The number of methoxy groups -OCH3 is 1. The van der Waals surface area contributed by atoms with Gasteiger partial charge in [0.2, 0.25) is 0 Å². The minimum absolute atomic E-state index is 0.121. The number of hydrogen-bond donors (Lipinski definition) is 0. The molecule has 1 atom stereocenters. The number of ether oxygens (including phenoxy) is 1. The quantitative estimate of drug-likeness (QED) is 0.462. The third-order valence-electron chi connectivity index (χ3n) is 5.90. The molecule has 1 aliphatic rings. The van der Waals surface area contributed by atoms with E-state index in [0.717, 1.165) is 46.9 Å². The van der Waals surface area contributed by atoms with Crippen molar-refractivity contribution in [2.24, 2.45) is 0 Å². The van der Waals surface area contributed by atoms with E-state index in [1.54, 1.807) is 7.11 Å². The summed E-state index contributed by atoms with van der Waals surface area (Å²) in [4.78, 5) is 2.38. The molecule has 0 spiro atoms. The number of aromatic nitrogens is 4. The number of nitrogens with zero attached hydrogens (tertiary/aromatic N) is 5. The fourth-order valence-electron chi connectivity index (χ4n) is 4.38. The molecule has 1 unspecified atom stereocenters. The van der Waals surface area contributed by atoms with Gasteiger partial charge in [-0.05, 0) is 50.4 Å². The average Bonchev–Trinajstić information content (AvgIpc) is 3.27. The van der Waals surface area contributed by atoms with Crippen LogP contribution in [0.1, 0.15) is 34.1 Å². The van der Waals surface area contributed by atoms with E-state index in [1.165, 1.54) is 5.56 Å². The van der Waals surface area contributed by atoms with E-state index in [2.05, 4.69) is 75.5 Å². The van der Waals surface area contributed by atoms with Gasteiger partial charge in [0.25, 0.3) is 0 Å². The first-order valence-corrected chi connectivity index (χ1v) is 10.7. The molecule has 0 N–H and O–H groups in total. The van der Waals surface area contributed by atoms with Gasteiger partial charge in [-0.3, -0.25) is 4.90 Å². The van der Waals surface area contributed by atoms with Crippen molar-refractivity contribution >= 4 is 5.57 Å². The Hall–Kier alpha value is -3.77. The van der Waals surface area contributed by atoms with E-state index < -0.39 is 0 Å². The summed E-state index contributed by atoms with van der Waals surface area (Å²) < 4.78 is 7.45. The first kappa shape index (κ1) is 20.2. The molecule has 6 nitrogen and oxygen atoms in total. The van der Waals surface area contributed by atoms with E-state index in [1.807, 2.05) is 35.0 Å². The van der Waals surface area contributed by atoms with Crippen molar-refractivity contribution in [1.82, 2.24) is 25.1 Å². The van der Waals surface area contributed by atoms with Gasteiger partial charge in [0, 0.05) is 13.1 Å². The highest BCUT2D eigenvalue weighted by atomic mass is 16.5. The largest absolute Gasteiger partial charge is 0.497 e. The van der Waals surface area contributed by atoms with Crippen molar-refractivity contribution in [3.8, 4) is 5.75 Å².